The van der Waals surface area contributed by atoms with Crippen molar-refractivity contribution in [3.8, 4) is 5.75 Å². The molecule has 0 spiro atoms. The molecule has 0 aliphatic heterocycles. The fraction of sp³-hybridized carbons (Fsp3) is 0.250. The molecular weight excluding hydrogens is 271 g/mol. The minimum Gasteiger partial charge on any atom is -0.496 e. The standard InChI is InChI=1S/C16H17FN2O2/c1-10-7-8-14(21-3)12(9-10)11(2)18-16(20)13-5-4-6-15(17)19-13/h4-9,11H,1-3H3,(H,18,20). The van der Waals surface area contributed by atoms with Crippen LogP contribution in [0.4, 0.5) is 4.39 Å². The average Bonchev–Trinajstić information content (AvgIpc) is 2.47. The van der Waals surface area contributed by atoms with Crippen molar-refractivity contribution in [1.29, 1.82) is 0 Å². The van der Waals surface area contributed by atoms with E-state index in [-0.39, 0.29) is 11.7 Å². The van der Waals surface area contributed by atoms with Crippen molar-refractivity contribution in [3.63, 3.8) is 0 Å². The molecule has 110 valence electrons. The predicted molar refractivity (Wildman–Crippen MR) is 77.8 cm³/mol. The summed E-state index contributed by atoms with van der Waals surface area (Å²) in [6.07, 6.45) is 0. The van der Waals surface area contributed by atoms with E-state index in [4.69, 9.17) is 4.74 Å². The Hall–Kier alpha value is -2.43. The molecule has 0 aliphatic carbocycles. The number of hydrogen-bond donors (Lipinski definition) is 1. The molecule has 0 fully saturated rings. The smallest absolute Gasteiger partial charge is 0.270 e. The molecule has 1 aromatic heterocycles. The third kappa shape index (κ3) is 3.56. The molecule has 2 aromatic rings. The van der Waals surface area contributed by atoms with Crippen LogP contribution in [0.25, 0.3) is 0 Å². The summed E-state index contributed by atoms with van der Waals surface area (Å²) in [6.45, 7) is 3.81. The first-order valence-electron chi connectivity index (χ1n) is 6.59. The van der Waals surface area contributed by atoms with Crippen LogP contribution in [-0.4, -0.2) is 18.0 Å². The lowest BCUT2D eigenvalue weighted by atomic mass is 10.0. The lowest BCUT2D eigenvalue weighted by molar-refractivity contribution is 0.0933. The number of ether oxygens (including phenoxy) is 1. The molecule has 0 radical (unpaired) electrons. The summed E-state index contributed by atoms with van der Waals surface area (Å²) in [6, 6.07) is 9.58. The van der Waals surface area contributed by atoms with Gasteiger partial charge in [-0.15, -0.1) is 0 Å². The van der Waals surface area contributed by atoms with Crippen molar-refractivity contribution < 1.29 is 13.9 Å². The topological polar surface area (TPSA) is 51.2 Å². The number of aromatic nitrogens is 1. The SMILES string of the molecule is COc1ccc(C)cc1C(C)NC(=O)c1cccc(F)n1. The van der Waals surface area contributed by atoms with Crippen molar-refractivity contribution in [2.24, 2.45) is 0 Å². The lowest BCUT2D eigenvalue weighted by Crippen LogP contribution is -2.28. The summed E-state index contributed by atoms with van der Waals surface area (Å²) in [5.41, 5.74) is 1.98. The van der Waals surface area contributed by atoms with Crippen molar-refractivity contribution in [2.45, 2.75) is 19.9 Å². The number of carbonyl (C=O) groups is 1. The summed E-state index contributed by atoms with van der Waals surface area (Å²) in [5.74, 6) is -0.408. The maximum absolute atomic E-state index is 13.0. The Morgan fingerprint density at radius 3 is 2.76 bits per heavy atom. The number of nitrogens with zero attached hydrogens (tertiary/aromatic N) is 1. The largest absolute Gasteiger partial charge is 0.496 e. The Labute approximate surface area is 123 Å². The first-order chi connectivity index (χ1) is 10.0. The second-order valence-corrected chi connectivity index (χ2v) is 4.79. The summed E-state index contributed by atoms with van der Waals surface area (Å²) < 4.78 is 18.3. The van der Waals surface area contributed by atoms with Gasteiger partial charge in [-0.05, 0) is 32.0 Å². The van der Waals surface area contributed by atoms with Crippen LogP contribution < -0.4 is 10.1 Å². The molecule has 21 heavy (non-hydrogen) atoms. The van der Waals surface area contributed by atoms with Gasteiger partial charge < -0.3 is 10.1 Å². The Kier molecular flexibility index (Phi) is 4.52. The Morgan fingerprint density at radius 1 is 1.33 bits per heavy atom. The number of amides is 1. The maximum atomic E-state index is 13.0. The molecule has 1 N–H and O–H groups in total. The third-order valence-corrected chi connectivity index (χ3v) is 3.15. The minimum absolute atomic E-state index is 0.0495. The second kappa shape index (κ2) is 6.35. The molecule has 1 unspecified atom stereocenters. The van der Waals surface area contributed by atoms with Gasteiger partial charge in [0, 0.05) is 5.56 Å². The first kappa shape index (κ1) is 15.0. The van der Waals surface area contributed by atoms with E-state index in [1.807, 2.05) is 32.0 Å². The van der Waals surface area contributed by atoms with E-state index in [2.05, 4.69) is 10.3 Å². The maximum Gasteiger partial charge on any atom is 0.270 e. The van der Waals surface area contributed by atoms with Crippen LogP contribution in [-0.2, 0) is 0 Å². The van der Waals surface area contributed by atoms with Gasteiger partial charge in [-0.1, -0.05) is 23.8 Å². The number of rotatable bonds is 4. The van der Waals surface area contributed by atoms with Gasteiger partial charge in [-0.25, -0.2) is 4.98 Å². The predicted octanol–water partition coefficient (Wildman–Crippen LogP) is 3.03. The second-order valence-electron chi connectivity index (χ2n) is 4.79. The molecular formula is C16H17FN2O2. The Morgan fingerprint density at radius 2 is 2.10 bits per heavy atom. The summed E-state index contributed by atoms with van der Waals surface area (Å²) >= 11 is 0. The van der Waals surface area contributed by atoms with E-state index in [9.17, 15) is 9.18 Å². The van der Waals surface area contributed by atoms with E-state index < -0.39 is 11.9 Å². The van der Waals surface area contributed by atoms with Crippen LogP contribution in [0.5, 0.6) is 5.75 Å². The summed E-state index contributed by atoms with van der Waals surface area (Å²) in [7, 11) is 1.58. The Bertz CT molecular complexity index is 658. The van der Waals surface area contributed by atoms with E-state index in [0.717, 1.165) is 11.1 Å². The van der Waals surface area contributed by atoms with E-state index in [1.54, 1.807) is 7.11 Å². The lowest BCUT2D eigenvalue weighted by Gasteiger charge is -2.17. The van der Waals surface area contributed by atoms with E-state index in [0.29, 0.717) is 5.75 Å². The molecule has 0 aliphatic rings. The van der Waals surface area contributed by atoms with Gasteiger partial charge in [0.1, 0.15) is 11.4 Å². The van der Waals surface area contributed by atoms with Gasteiger partial charge >= 0.3 is 0 Å². The van der Waals surface area contributed by atoms with Crippen LogP contribution in [0.2, 0.25) is 0 Å². The number of benzene rings is 1. The quantitative estimate of drug-likeness (QED) is 0.880. The highest BCUT2D eigenvalue weighted by Gasteiger charge is 2.16. The first-order valence-corrected chi connectivity index (χ1v) is 6.59. The highest BCUT2D eigenvalue weighted by molar-refractivity contribution is 5.92. The monoisotopic (exact) mass is 288 g/mol. The number of nitrogens with one attached hydrogen (secondary N) is 1. The molecule has 1 heterocycles. The minimum atomic E-state index is -0.677. The molecule has 5 heteroatoms. The molecule has 0 saturated heterocycles. The van der Waals surface area contributed by atoms with Crippen LogP contribution in [0.1, 0.15) is 34.6 Å². The molecule has 4 nitrogen and oxygen atoms in total. The van der Waals surface area contributed by atoms with E-state index in [1.165, 1.54) is 18.2 Å². The van der Waals surface area contributed by atoms with Crippen molar-refractivity contribution >= 4 is 5.91 Å². The molecule has 0 saturated carbocycles. The molecule has 1 atom stereocenters. The van der Waals surface area contributed by atoms with Gasteiger partial charge in [0.2, 0.25) is 5.95 Å². The highest BCUT2D eigenvalue weighted by Crippen LogP contribution is 2.26. The third-order valence-electron chi connectivity index (χ3n) is 3.15. The fourth-order valence-corrected chi connectivity index (χ4v) is 2.08. The zero-order valence-corrected chi connectivity index (χ0v) is 12.2. The van der Waals surface area contributed by atoms with Crippen LogP contribution in [0.15, 0.2) is 36.4 Å². The number of aryl methyl sites for hydroxylation is 1. The van der Waals surface area contributed by atoms with E-state index >= 15 is 0 Å². The van der Waals surface area contributed by atoms with Crippen LogP contribution >= 0.6 is 0 Å². The zero-order valence-electron chi connectivity index (χ0n) is 12.2. The molecule has 2 rings (SSSR count). The van der Waals surface area contributed by atoms with Crippen molar-refractivity contribution in [3.05, 3.63) is 59.2 Å². The van der Waals surface area contributed by atoms with Crippen molar-refractivity contribution in [1.82, 2.24) is 10.3 Å². The van der Waals surface area contributed by atoms with Gasteiger partial charge in [-0.3, -0.25) is 4.79 Å². The summed E-state index contributed by atoms with van der Waals surface area (Å²) in [5, 5.41) is 2.79. The number of hydrogen-bond acceptors (Lipinski definition) is 3. The highest BCUT2D eigenvalue weighted by atomic mass is 19.1. The molecule has 0 bridgehead atoms. The van der Waals surface area contributed by atoms with Gasteiger partial charge in [0.15, 0.2) is 0 Å². The number of carbonyl (C=O) groups excluding carboxylic acids is 1. The fourth-order valence-electron chi connectivity index (χ4n) is 2.08. The van der Waals surface area contributed by atoms with Crippen LogP contribution in [0.3, 0.4) is 0 Å². The number of methoxy groups -OCH3 is 1. The van der Waals surface area contributed by atoms with Gasteiger partial charge in [0.25, 0.3) is 5.91 Å². The number of halogens is 1. The van der Waals surface area contributed by atoms with Gasteiger partial charge in [-0.2, -0.15) is 4.39 Å². The molecule has 1 aromatic carbocycles. The van der Waals surface area contributed by atoms with Crippen molar-refractivity contribution in [2.75, 3.05) is 7.11 Å². The van der Waals surface area contributed by atoms with Crippen LogP contribution in [0, 0.1) is 12.9 Å². The van der Waals surface area contributed by atoms with Gasteiger partial charge in [0.05, 0.1) is 13.2 Å². The molecule has 1 amide bonds. The normalized spacial score (nSPS) is 11.8. The Balaban J connectivity index is 2.20. The average molecular weight is 288 g/mol. The number of pyridine rings is 1. The summed E-state index contributed by atoms with van der Waals surface area (Å²) in [4.78, 5) is 15.7. The zero-order chi connectivity index (χ0) is 15.4.